The molecule has 3 N–H and O–H groups in total. The van der Waals surface area contributed by atoms with Crippen molar-refractivity contribution >= 4 is 39.4 Å². The molecule has 0 spiro atoms. The van der Waals surface area contributed by atoms with Crippen molar-refractivity contribution < 1.29 is 4.39 Å². The van der Waals surface area contributed by atoms with Gasteiger partial charge in [0.2, 0.25) is 0 Å². The molecule has 0 radical (unpaired) electrons. The van der Waals surface area contributed by atoms with Crippen molar-refractivity contribution in [1.29, 1.82) is 0 Å². The number of thioether (sulfide) groups is 1. The third-order valence-corrected chi connectivity index (χ3v) is 4.41. The monoisotopic (exact) mass is 341 g/mol. The lowest BCUT2D eigenvalue weighted by molar-refractivity contribution is 0.628. The van der Waals surface area contributed by atoms with Gasteiger partial charge in [-0.3, -0.25) is 5.43 Å². The van der Waals surface area contributed by atoms with Crippen LogP contribution in [0.2, 0.25) is 0 Å². The maximum Gasteiger partial charge on any atom is 0.323 e. The SMILES string of the molecule is O=c1[nH]c2ccc(C3=NNC(=Nc4ccc(F)cc4)SC3)cc2[nH]1. The number of hydrogen-bond acceptors (Lipinski definition) is 4. The fourth-order valence-corrected chi connectivity index (χ4v) is 3.15. The van der Waals surface area contributed by atoms with Crippen LogP contribution >= 0.6 is 11.8 Å². The minimum Gasteiger partial charge on any atom is -0.306 e. The smallest absolute Gasteiger partial charge is 0.306 e. The van der Waals surface area contributed by atoms with Gasteiger partial charge >= 0.3 is 5.69 Å². The van der Waals surface area contributed by atoms with Crippen molar-refractivity contribution in [2.75, 3.05) is 5.75 Å². The zero-order valence-electron chi connectivity index (χ0n) is 12.3. The Labute approximate surface area is 139 Å². The van der Waals surface area contributed by atoms with E-state index in [0.717, 1.165) is 22.3 Å². The summed E-state index contributed by atoms with van der Waals surface area (Å²) in [6.07, 6.45) is 0. The highest BCUT2D eigenvalue weighted by Gasteiger charge is 2.14. The molecule has 6 nitrogen and oxygen atoms in total. The lowest BCUT2D eigenvalue weighted by Gasteiger charge is -2.14. The van der Waals surface area contributed by atoms with Crippen LogP contribution in [0.4, 0.5) is 10.1 Å². The molecule has 120 valence electrons. The molecule has 1 aliphatic rings. The number of aromatic nitrogens is 2. The summed E-state index contributed by atoms with van der Waals surface area (Å²) in [5, 5.41) is 5.00. The van der Waals surface area contributed by atoms with Crippen molar-refractivity contribution in [3.8, 4) is 0 Å². The molecule has 4 rings (SSSR count). The number of hydrazone groups is 1. The second kappa shape index (κ2) is 5.97. The van der Waals surface area contributed by atoms with Crippen molar-refractivity contribution in [3.05, 3.63) is 64.3 Å². The second-order valence-electron chi connectivity index (χ2n) is 5.19. The van der Waals surface area contributed by atoms with Gasteiger partial charge in [0.25, 0.3) is 0 Å². The number of hydrogen-bond donors (Lipinski definition) is 3. The van der Waals surface area contributed by atoms with Crippen LogP contribution < -0.4 is 11.1 Å². The van der Waals surface area contributed by atoms with E-state index in [1.54, 1.807) is 12.1 Å². The summed E-state index contributed by atoms with van der Waals surface area (Å²) in [6, 6.07) is 11.6. The Bertz CT molecular complexity index is 1020. The number of H-pyrrole nitrogens is 2. The normalized spacial score (nSPS) is 16.2. The summed E-state index contributed by atoms with van der Waals surface area (Å²) in [4.78, 5) is 21.1. The molecule has 24 heavy (non-hydrogen) atoms. The van der Waals surface area contributed by atoms with Crippen LogP contribution in [0.3, 0.4) is 0 Å². The van der Waals surface area contributed by atoms with E-state index in [9.17, 15) is 9.18 Å². The van der Waals surface area contributed by atoms with E-state index in [1.807, 2.05) is 18.2 Å². The van der Waals surface area contributed by atoms with Gasteiger partial charge < -0.3 is 9.97 Å². The molecule has 2 aromatic carbocycles. The molecule has 0 bridgehead atoms. The summed E-state index contributed by atoms with van der Waals surface area (Å²) < 4.78 is 12.9. The van der Waals surface area contributed by atoms with Gasteiger partial charge in [0.05, 0.1) is 22.4 Å². The number of halogens is 1. The predicted octanol–water partition coefficient (Wildman–Crippen LogP) is 2.72. The molecular weight excluding hydrogens is 329 g/mol. The molecule has 0 saturated heterocycles. The Balaban J connectivity index is 1.56. The summed E-state index contributed by atoms with van der Waals surface area (Å²) >= 11 is 1.51. The van der Waals surface area contributed by atoms with Crippen molar-refractivity contribution in [2.45, 2.75) is 0 Å². The van der Waals surface area contributed by atoms with E-state index in [0.29, 0.717) is 16.6 Å². The minimum atomic E-state index is -0.290. The molecule has 0 unspecified atom stereocenters. The first-order chi connectivity index (χ1) is 11.7. The lowest BCUT2D eigenvalue weighted by Crippen LogP contribution is -2.25. The van der Waals surface area contributed by atoms with Crippen LogP contribution in [0.1, 0.15) is 5.56 Å². The largest absolute Gasteiger partial charge is 0.323 e. The third-order valence-electron chi connectivity index (χ3n) is 3.54. The fourth-order valence-electron chi connectivity index (χ4n) is 2.37. The number of imidazole rings is 1. The number of aromatic amines is 2. The van der Waals surface area contributed by atoms with E-state index in [1.165, 1.54) is 23.9 Å². The highest BCUT2D eigenvalue weighted by molar-refractivity contribution is 8.14. The van der Waals surface area contributed by atoms with E-state index in [4.69, 9.17) is 0 Å². The number of aliphatic imine (C=N–C) groups is 1. The van der Waals surface area contributed by atoms with Crippen LogP contribution in [0, 0.1) is 5.82 Å². The van der Waals surface area contributed by atoms with Gasteiger partial charge in [-0.2, -0.15) is 5.10 Å². The summed E-state index contributed by atoms with van der Waals surface area (Å²) in [7, 11) is 0. The van der Waals surface area contributed by atoms with E-state index in [2.05, 4.69) is 25.5 Å². The molecule has 1 aliphatic heterocycles. The molecular formula is C16H12FN5OS. The molecule has 0 fully saturated rings. The van der Waals surface area contributed by atoms with E-state index >= 15 is 0 Å². The van der Waals surface area contributed by atoms with Crippen LogP contribution in [-0.4, -0.2) is 26.6 Å². The summed E-state index contributed by atoms with van der Waals surface area (Å²) in [5.41, 5.74) is 6.65. The van der Waals surface area contributed by atoms with Crippen LogP contribution in [0.5, 0.6) is 0 Å². The fraction of sp³-hybridized carbons (Fsp3) is 0.0625. The Morgan fingerprint density at radius 1 is 1.08 bits per heavy atom. The average Bonchev–Trinajstić information content (AvgIpc) is 2.97. The molecule has 2 heterocycles. The first-order valence-electron chi connectivity index (χ1n) is 7.19. The first-order valence-corrected chi connectivity index (χ1v) is 8.18. The van der Waals surface area contributed by atoms with Gasteiger partial charge in [-0.15, -0.1) is 0 Å². The maximum atomic E-state index is 12.9. The lowest BCUT2D eigenvalue weighted by atomic mass is 10.1. The quantitative estimate of drug-likeness (QED) is 0.670. The average molecular weight is 341 g/mol. The zero-order chi connectivity index (χ0) is 16.5. The second-order valence-corrected chi connectivity index (χ2v) is 6.16. The van der Waals surface area contributed by atoms with Crippen molar-refractivity contribution in [2.24, 2.45) is 10.1 Å². The van der Waals surface area contributed by atoms with Gasteiger partial charge in [-0.25, -0.2) is 14.2 Å². The Morgan fingerprint density at radius 3 is 2.62 bits per heavy atom. The standard InChI is InChI=1S/C16H12FN5OS/c17-10-2-4-11(5-3-10)18-16-22-21-14(8-24-16)9-1-6-12-13(7-9)20-15(23)19-12/h1-7H,8H2,(H,18,22)(H2,19,20,23). The first kappa shape index (κ1) is 14.7. The molecule has 8 heteroatoms. The van der Waals surface area contributed by atoms with Crippen LogP contribution in [-0.2, 0) is 0 Å². The van der Waals surface area contributed by atoms with Gasteiger partial charge in [0.1, 0.15) is 5.82 Å². The Hall–Kier alpha value is -2.87. The maximum absolute atomic E-state index is 12.9. The number of nitrogens with one attached hydrogen (secondary N) is 3. The number of benzene rings is 2. The molecule has 1 aromatic heterocycles. The van der Waals surface area contributed by atoms with E-state index in [-0.39, 0.29) is 11.5 Å². The van der Waals surface area contributed by atoms with Crippen molar-refractivity contribution in [3.63, 3.8) is 0 Å². The zero-order valence-corrected chi connectivity index (χ0v) is 13.2. The highest BCUT2D eigenvalue weighted by Crippen LogP contribution is 2.20. The third kappa shape index (κ3) is 2.95. The van der Waals surface area contributed by atoms with Gasteiger partial charge in [0, 0.05) is 11.3 Å². The Morgan fingerprint density at radius 2 is 1.88 bits per heavy atom. The molecule has 0 amide bonds. The van der Waals surface area contributed by atoms with E-state index < -0.39 is 0 Å². The number of nitrogens with zero attached hydrogens (tertiary/aromatic N) is 2. The number of amidine groups is 1. The van der Waals surface area contributed by atoms with Crippen LogP contribution in [0.15, 0.2) is 57.4 Å². The van der Waals surface area contributed by atoms with Gasteiger partial charge in [0.15, 0.2) is 5.17 Å². The highest BCUT2D eigenvalue weighted by atomic mass is 32.2. The summed E-state index contributed by atoms with van der Waals surface area (Å²) in [6.45, 7) is 0. The molecule has 0 aliphatic carbocycles. The topological polar surface area (TPSA) is 85.4 Å². The molecule has 0 saturated carbocycles. The molecule has 0 atom stereocenters. The van der Waals surface area contributed by atoms with Crippen LogP contribution in [0.25, 0.3) is 11.0 Å². The molecule has 3 aromatic rings. The van der Waals surface area contributed by atoms with Gasteiger partial charge in [-0.1, -0.05) is 17.8 Å². The minimum absolute atomic E-state index is 0.228. The Kier molecular flexibility index (Phi) is 3.66. The van der Waals surface area contributed by atoms with Gasteiger partial charge in [-0.05, 0) is 36.4 Å². The van der Waals surface area contributed by atoms with Crippen molar-refractivity contribution in [1.82, 2.24) is 15.4 Å². The number of rotatable bonds is 2. The summed E-state index contributed by atoms with van der Waals surface area (Å²) in [5.74, 6) is 0.356. The number of fused-ring (bicyclic) bond motifs is 1. The predicted molar refractivity (Wildman–Crippen MR) is 94.5 cm³/mol.